The molecule has 0 saturated carbocycles. The molecule has 0 bridgehead atoms. The molecule has 1 aromatic carbocycles. The molecule has 7 nitrogen and oxygen atoms in total. The van der Waals surface area contributed by atoms with E-state index in [1.54, 1.807) is 19.1 Å². The number of fused-ring (bicyclic) bond motifs is 1. The molecule has 0 unspecified atom stereocenters. The predicted molar refractivity (Wildman–Crippen MR) is 88.1 cm³/mol. The third-order valence-corrected chi connectivity index (χ3v) is 3.82. The summed E-state index contributed by atoms with van der Waals surface area (Å²) >= 11 is 3.21. The van der Waals surface area contributed by atoms with Crippen molar-refractivity contribution in [3.63, 3.8) is 0 Å². The summed E-state index contributed by atoms with van der Waals surface area (Å²) in [6.45, 7) is 1.74. The molecular formula is C15H12BrFN4O3. The zero-order valence-electron chi connectivity index (χ0n) is 12.7. The van der Waals surface area contributed by atoms with E-state index < -0.39 is 12.0 Å². The second-order valence-electron chi connectivity index (χ2n) is 4.83. The molecule has 0 aliphatic rings. The summed E-state index contributed by atoms with van der Waals surface area (Å²) in [7, 11) is 1.22. The van der Waals surface area contributed by atoms with Gasteiger partial charge in [-0.15, -0.1) is 0 Å². The quantitative estimate of drug-likeness (QED) is 0.680. The Labute approximate surface area is 144 Å². The van der Waals surface area contributed by atoms with Crippen molar-refractivity contribution in [1.82, 2.24) is 14.6 Å². The number of methoxy groups -OCH3 is 1. The molecule has 0 amide bonds. The Morgan fingerprint density at radius 2 is 2.21 bits per heavy atom. The van der Waals surface area contributed by atoms with Gasteiger partial charge in [0.05, 0.1) is 19.0 Å². The molecule has 9 heteroatoms. The molecule has 0 aliphatic carbocycles. The number of hydrogen-bond donors (Lipinski definition) is 1. The first-order chi connectivity index (χ1) is 11.5. The lowest BCUT2D eigenvalue weighted by molar-refractivity contribution is 0.121. The molecule has 0 radical (unpaired) electrons. The highest BCUT2D eigenvalue weighted by Gasteiger charge is 2.17. The predicted octanol–water partition coefficient (Wildman–Crippen LogP) is 3.83. The molecule has 2 aromatic heterocycles. The second kappa shape index (κ2) is 6.44. The van der Waals surface area contributed by atoms with Crippen molar-refractivity contribution in [2.24, 2.45) is 0 Å². The maximum Gasteiger partial charge on any atom is 0.513 e. The number of carbonyl (C=O) groups excluding carboxylic acids is 1. The first-order valence-electron chi connectivity index (χ1n) is 6.80. The highest BCUT2D eigenvalue weighted by atomic mass is 79.9. The van der Waals surface area contributed by atoms with Crippen molar-refractivity contribution in [3.8, 4) is 5.75 Å². The van der Waals surface area contributed by atoms with E-state index in [9.17, 15) is 9.18 Å². The Kier molecular flexibility index (Phi) is 4.34. The largest absolute Gasteiger partial charge is 0.513 e. The lowest BCUT2D eigenvalue weighted by Crippen LogP contribution is -2.07. The number of aromatic nitrogens is 3. The highest BCUT2D eigenvalue weighted by Crippen LogP contribution is 2.31. The number of benzene rings is 1. The Morgan fingerprint density at radius 1 is 1.42 bits per heavy atom. The zero-order valence-corrected chi connectivity index (χ0v) is 14.3. The van der Waals surface area contributed by atoms with Crippen molar-refractivity contribution < 1.29 is 18.7 Å². The van der Waals surface area contributed by atoms with Gasteiger partial charge in [-0.25, -0.2) is 18.7 Å². The third kappa shape index (κ3) is 3.02. The highest BCUT2D eigenvalue weighted by molar-refractivity contribution is 9.10. The Balaban J connectivity index is 2.03. The van der Waals surface area contributed by atoms with Crippen LogP contribution >= 0.6 is 15.9 Å². The smallest absolute Gasteiger partial charge is 0.437 e. The normalized spacial score (nSPS) is 10.7. The van der Waals surface area contributed by atoms with Crippen LogP contribution in [-0.4, -0.2) is 27.9 Å². The van der Waals surface area contributed by atoms with Crippen molar-refractivity contribution in [2.75, 3.05) is 12.4 Å². The van der Waals surface area contributed by atoms with Crippen LogP contribution in [0.15, 0.2) is 35.2 Å². The maximum atomic E-state index is 14.0. The van der Waals surface area contributed by atoms with Crippen LogP contribution < -0.4 is 10.1 Å². The topological polar surface area (TPSA) is 77.8 Å². The number of anilines is 2. The first-order valence-corrected chi connectivity index (χ1v) is 7.59. The summed E-state index contributed by atoms with van der Waals surface area (Å²) in [5.74, 6) is 0.224. The molecule has 0 spiro atoms. The molecule has 24 heavy (non-hydrogen) atoms. The van der Waals surface area contributed by atoms with Gasteiger partial charge in [-0.3, -0.25) is 0 Å². The molecule has 0 aliphatic heterocycles. The Hall–Kier alpha value is -2.68. The lowest BCUT2D eigenvalue weighted by atomic mass is 10.2. The summed E-state index contributed by atoms with van der Waals surface area (Å²) in [6, 6.07) is 4.64. The lowest BCUT2D eigenvalue weighted by Gasteiger charge is -2.09. The van der Waals surface area contributed by atoms with E-state index in [1.807, 2.05) is 0 Å². The van der Waals surface area contributed by atoms with Crippen LogP contribution in [-0.2, 0) is 4.74 Å². The molecule has 0 atom stereocenters. The molecular weight excluding hydrogens is 383 g/mol. The van der Waals surface area contributed by atoms with Crippen molar-refractivity contribution in [2.45, 2.75) is 6.92 Å². The van der Waals surface area contributed by atoms with Crippen molar-refractivity contribution in [3.05, 3.63) is 46.6 Å². The molecule has 1 N–H and O–H groups in total. The summed E-state index contributed by atoms with van der Waals surface area (Å²) in [6.07, 6.45) is 2.00. The first kappa shape index (κ1) is 16.2. The van der Waals surface area contributed by atoms with Gasteiger partial charge in [-0.2, -0.15) is 5.10 Å². The van der Waals surface area contributed by atoms with Gasteiger partial charge in [0, 0.05) is 10.0 Å². The number of aryl methyl sites for hydroxylation is 1. The number of carbonyl (C=O) groups is 1. The fraction of sp³-hybridized carbons (Fsp3) is 0.133. The van der Waals surface area contributed by atoms with Crippen LogP contribution in [0.5, 0.6) is 5.75 Å². The van der Waals surface area contributed by atoms with Gasteiger partial charge in [-0.1, -0.05) is 15.9 Å². The number of halogens is 2. The summed E-state index contributed by atoms with van der Waals surface area (Å²) in [4.78, 5) is 15.4. The van der Waals surface area contributed by atoms with Gasteiger partial charge in [0.25, 0.3) is 0 Å². The minimum atomic E-state index is -0.838. The van der Waals surface area contributed by atoms with Gasteiger partial charge >= 0.3 is 6.16 Å². The maximum absolute atomic E-state index is 14.0. The van der Waals surface area contributed by atoms with E-state index in [-0.39, 0.29) is 11.4 Å². The summed E-state index contributed by atoms with van der Waals surface area (Å²) in [5, 5.41) is 6.99. The number of ether oxygens (including phenoxy) is 2. The number of nitrogens with zero attached hydrogens (tertiary/aromatic N) is 3. The SMILES string of the molecule is COC(=O)Oc1cn2ncnc(Nc3ccc(Br)cc3F)c2c1C. The van der Waals surface area contributed by atoms with Crippen LogP contribution in [0, 0.1) is 12.7 Å². The van der Waals surface area contributed by atoms with Crippen molar-refractivity contribution >= 4 is 39.1 Å². The number of nitrogens with one attached hydrogen (secondary N) is 1. The van der Waals surface area contributed by atoms with E-state index in [2.05, 4.69) is 36.1 Å². The average molecular weight is 395 g/mol. The summed E-state index contributed by atoms with van der Waals surface area (Å²) < 4.78 is 25.7. The van der Waals surface area contributed by atoms with Gasteiger partial charge in [0.2, 0.25) is 0 Å². The minimum Gasteiger partial charge on any atom is -0.437 e. The summed E-state index contributed by atoms with van der Waals surface area (Å²) in [5.41, 5.74) is 1.43. The molecule has 0 fully saturated rings. The van der Waals surface area contributed by atoms with E-state index in [0.717, 1.165) is 0 Å². The number of hydrogen-bond acceptors (Lipinski definition) is 6. The molecule has 2 heterocycles. The van der Waals surface area contributed by atoms with E-state index in [0.29, 0.717) is 21.4 Å². The Bertz CT molecular complexity index is 928. The Morgan fingerprint density at radius 3 is 2.92 bits per heavy atom. The molecule has 124 valence electrons. The van der Waals surface area contributed by atoms with E-state index in [4.69, 9.17) is 4.74 Å². The minimum absolute atomic E-state index is 0.259. The van der Waals surface area contributed by atoms with Crippen LogP contribution in [0.2, 0.25) is 0 Å². The third-order valence-electron chi connectivity index (χ3n) is 3.32. The van der Waals surface area contributed by atoms with Crippen LogP contribution in [0.3, 0.4) is 0 Å². The van der Waals surface area contributed by atoms with Gasteiger partial charge in [0.15, 0.2) is 11.6 Å². The fourth-order valence-corrected chi connectivity index (χ4v) is 2.52. The molecule has 3 aromatic rings. The zero-order chi connectivity index (χ0) is 17.3. The van der Waals surface area contributed by atoms with Crippen LogP contribution in [0.1, 0.15) is 5.56 Å². The number of rotatable bonds is 3. The molecule has 3 rings (SSSR count). The van der Waals surface area contributed by atoms with Gasteiger partial charge in [-0.05, 0) is 25.1 Å². The van der Waals surface area contributed by atoms with Crippen molar-refractivity contribution in [1.29, 1.82) is 0 Å². The average Bonchev–Trinajstić information content (AvgIpc) is 2.87. The fourth-order valence-electron chi connectivity index (χ4n) is 2.18. The molecule has 0 saturated heterocycles. The van der Waals surface area contributed by atoms with Crippen LogP contribution in [0.25, 0.3) is 5.52 Å². The van der Waals surface area contributed by atoms with Gasteiger partial charge < -0.3 is 14.8 Å². The van der Waals surface area contributed by atoms with Gasteiger partial charge in [0.1, 0.15) is 17.7 Å². The monoisotopic (exact) mass is 394 g/mol. The van der Waals surface area contributed by atoms with E-state index >= 15 is 0 Å². The van der Waals surface area contributed by atoms with Crippen LogP contribution in [0.4, 0.5) is 20.7 Å². The standard InChI is InChI=1S/C15H12BrFN4O3/c1-8-12(24-15(22)23-2)6-21-13(8)14(18-7-19-21)20-11-4-3-9(16)5-10(11)17/h3-7H,1-2H3,(H,18,19,20). The van der Waals surface area contributed by atoms with E-state index in [1.165, 1.54) is 30.2 Å². The second-order valence-corrected chi connectivity index (χ2v) is 5.74.